The SMILES string of the molecule is CCC(C)(C)CC(C)(C(=O)OC1(CC(=O)OCC(F)(F)C(F)(F)F)CCCC1)C(C)(C)CC. The lowest BCUT2D eigenvalue weighted by molar-refractivity contribution is -0.294. The van der Waals surface area contributed by atoms with E-state index in [2.05, 4.69) is 18.6 Å². The van der Waals surface area contributed by atoms with Gasteiger partial charge in [-0.2, -0.15) is 22.0 Å². The molecule has 0 radical (unpaired) electrons. The van der Waals surface area contributed by atoms with Crippen LogP contribution in [0.15, 0.2) is 0 Å². The lowest BCUT2D eigenvalue weighted by Gasteiger charge is -2.47. The van der Waals surface area contributed by atoms with Crippen molar-refractivity contribution in [1.29, 1.82) is 0 Å². The minimum absolute atomic E-state index is 0.162. The maximum absolute atomic E-state index is 13.6. The molecule has 1 rings (SSSR count). The number of alkyl halides is 5. The zero-order valence-electron chi connectivity index (χ0n) is 20.9. The second-order valence-electron chi connectivity index (χ2n) is 11.1. The van der Waals surface area contributed by atoms with E-state index in [4.69, 9.17) is 4.74 Å². The molecule has 4 nitrogen and oxygen atoms in total. The predicted molar refractivity (Wildman–Crippen MR) is 115 cm³/mol. The molecule has 1 fully saturated rings. The fraction of sp³-hybridized carbons (Fsp3) is 0.917. The van der Waals surface area contributed by atoms with Crippen LogP contribution in [0.2, 0.25) is 0 Å². The van der Waals surface area contributed by atoms with Crippen LogP contribution in [-0.4, -0.2) is 36.2 Å². The second kappa shape index (κ2) is 10.1. The number of ether oxygens (including phenoxy) is 2. The van der Waals surface area contributed by atoms with Crippen LogP contribution in [0.25, 0.3) is 0 Å². The van der Waals surface area contributed by atoms with Gasteiger partial charge in [0.2, 0.25) is 0 Å². The normalized spacial score (nSPS) is 19.2. The highest BCUT2D eigenvalue weighted by Gasteiger charge is 2.59. The number of hydrogen-bond donors (Lipinski definition) is 0. The molecule has 0 heterocycles. The monoisotopic (exact) mass is 486 g/mol. The second-order valence-corrected chi connectivity index (χ2v) is 11.1. The van der Waals surface area contributed by atoms with Gasteiger partial charge in [0, 0.05) is 0 Å². The molecule has 0 saturated heterocycles. The van der Waals surface area contributed by atoms with Crippen LogP contribution >= 0.6 is 0 Å². The number of carbonyl (C=O) groups is 2. The van der Waals surface area contributed by atoms with E-state index in [-0.39, 0.29) is 5.41 Å². The third-order valence-corrected chi connectivity index (χ3v) is 7.74. The van der Waals surface area contributed by atoms with E-state index in [0.717, 1.165) is 6.42 Å². The van der Waals surface area contributed by atoms with Crippen LogP contribution in [0.5, 0.6) is 0 Å². The Hall–Kier alpha value is -1.41. The molecule has 0 bridgehead atoms. The summed E-state index contributed by atoms with van der Waals surface area (Å²) in [6, 6.07) is 0. The Morgan fingerprint density at radius 2 is 1.39 bits per heavy atom. The van der Waals surface area contributed by atoms with Crippen LogP contribution in [-0.2, 0) is 19.1 Å². The van der Waals surface area contributed by atoms with Crippen molar-refractivity contribution in [2.75, 3.05) is 6.61 Å². The molecule has 0 aromatic heterocycles. The summed E-state index contributed by atoms with van der Waals surface area (Å²) < 4.78 is 73.6. The smallest absolute Gasteiger partial charge is 0.456 e. The fourth-order valence-electron chi connectivity index (χ4n) is 4.27. The summed E-state index contributed by atoms with van der Waals surface area (Å²) in [6.45, 7) is 11.9. The van der Waals surface area contributed by atoms with E-state index in [1.54, 1.807) is 0 Å². The molecule has 0 N–H and O–H groups in total. The lowest BCUT2D eigenvalue weighted by Crippen LogP contribution is -2.49. The molecule has 1 aliphatic carbocycles. The molecular formula is C24H39F5O4. The van der Waals surface area contributed by atoms with Crippen molar-refractivity contribution in [2.24, 2.45) is 16.2 Å². The average Bonchev–Trinajstić information content (AvgIpc) is 3.12. The molecular weight excluding hydrogens is 447 g/mol. The number of rotatable bonds is 11. The first-order valence-corrected chi connectivity index (χ1v) is 11.6. The highest BCUT2D eigenvalue weighted by Crippen LogP contribution is 2.52. The largest absolute Gasteiger partial charge is 0.459 e. The quantitative estimate of drug-likeness (QED) is 0.228. The van der Waals surface area contributed by atoms with Crippen molar-refractivity contribution in [3.05, 3.63) is 0 Å². The number of esters is 2. The zero-order chi connectivity index (χ0) is 25.9. The van der Waals surface area contributed by atoms with Crippen LogP contribution in [0.4, 0.5) is 22.0 Å². The molecule has 0 aromatic rings. The molecule has 0 aromatic carbocycles. The Morgan fingerprint density at radius 3 is 1.82 bits per heavy atom. The van der Waals surface area contributed by atoms with Gasteiger partial charge in [0.25, 0.3) is 0 Å². The maximum Gasteiger partial charge on any atom is 0.456 e. The molecule has 33 heavy (non-hydrogen) atoms. The van der Waals surface area contributed by atoms with Crippen molar-refractivity contribution >= 4 is 11.9 Å². The molecule has 9 heteroatoms. The van der Waals surface area contributed by atoms with E-state index in [9.17, 15) is 31.5 Å². The van der Waals surface area contributed by atoms with Gasteiger partial charge in [-0.25, -0.2) is 0 Å². The predicted octanol–water partition coefficient (Wildman–Crippen LogP) is 7.24. The molecule has 1 unspecified atom stereocenters. The summed E-state index contributed by atoms with van der Waals surface area (Å²) >= 11 is 0. The van der Waals surface area contributed by atoms with E-state index >= 15 is 0 Å². The van der Waals surface area contributed by atoms with Crippen molar-refractivity contribution < 1.29 is 41.0 Å². The summed E-state index contributed by atoms with van der Waals surface area (Å²) in [6.07, 6.45) is -2.36. The molecule has 194 valence electrons. The number of halogens is 5. The van der Waals surface area contributed by atoms with Crippen LogP contribution in [0, 0.1) is 16.2 Å². The van der Waals surface area contributed by atoms with Gasteiger partial charge in [0.15, 0.2) is 6.61 Å². The Morgan fingerprint density at radius 1 is 0.879 bits per heavy atom. The van der Waals surface area contributed by atoms with Gasteiger partial charge in [-0.15, -0.1) is 0 Å². The van der Waals surface area contributed by atoms with Crippen LogP contribution in [0.3, 0.4) is 0 Å². The molecule has 1 atom stereocenters. The summed E-state index contributed by atoms with van der Waals surface area (Å²) in [7, 11) is 0. The third kappa shape index (κ3) is 7.04. The Labute approximate surface area is 194 Å². The minimum Gasteiger partial charge on any atom is -0.459 e. The van der Waals surface area contributed by atoms with Gasteiger partial charge >= 0.3 is 24.0 Å². The molecule has 1 saturated carbocycles. The highest BCUT2D eigenvalue weighted by atomic mass is 19.4. The highest BCUT2D eigenvalue weighted by molar-refractivity contribution is 5.79. The van der Waals surface area contributed by atoms with E-state index in [0.29, 0.717) is 38.5 Å². The standard InChI is InChI=1S/C24H39F5O4/c1-8-19(3,4)15-21(7,20(5,6)9-2)18(31)33-22(12-10-11-13-22)14-17(30)32-16-23(25,26)24(27,28)29/h8-16H2,1-7H3. The van der Waals surface area contributed by atoms with Gasteiger partial charge in [-0.3, -0.25) is 9.59 Å². The van der Waals surface area contributed by atoms with Crippen molar-refractivity contribution in [2.45, 2.75) is 118 Å². The van der Waals surface area contributed by atoms with Gasteiger partial charge in [-0.1, -0.05) is 48.0 Å². The van der Waals surface area contributed by atoms with Gasteiger partial charge in [0.1, 0.15) is 5.60 Å². The van der Waals surface area contributed by atoms with Crippen molar-refractivity contribution in [3.8, 4) is 0 Å². The Bertz CT molecular complexity index is 693. The summed E-state index contributed by atoms with van der Waals surface area (Å²) in [5, 5.41) is 0. The van der Waals surface area contributed by atoms with E-state index in [1.165, 1.54) is 0 Å². The molecule has 0 aliphatic heterocycles. The Kier molecular flexibility index (Phi) is 9.03. The topological polar surface area (TPSA) is 52.6 Å². The molecule has 1 aliphatic rings. The summed E-state index contributed by atoms with van der Waals surface area (Å²) in [4.78, 5) is 25.8. The first-order valence-electron chi connectivity index (χ1n) is 11.6. The Balaban J connectivity index is 3.08. The first-order chi connectivity index (χ1) is 14.8. The van der Waals surface area contributed by atoms with Crippen LogP contribution in [0.1, 0.15) is 99.8 Å². The summed E-state index contributed by atoms with van der Waals surface area (Å²) in [5.74, 6) is -6.86. The van der Waals surface area contributed by atoms with E-state index < -0.39 is 53.5 Å². The first kappa shape index (κ1) is 29.6. The molecule has 0 spiro atoms. The minimum atomic E-state index is -5.82. The fourth-order valence-corrected chi connectivity index (χ4v) is 4.27. The zero-order valence-corrected chi connectivity index (χ0v) is 20.9. The van der Waals surface area contributed by atoms with Crippen molar-refractivity contribution in [1.82, 2.24) is 0 Å². The van der Waals surface area contributed by atoms with Crippen LogP contribution < -0.4 is 0 Å². The van der Waals surface area contributed by atoms with Gasteiger partial charge in [-0.05, 0) is 56.3 Å². The lowest BCUT2D eigenvalue weighted by atomic mass is 9.58. The maximum atomic E-state index is 13.6. The van der Waals surface area contributed by atoms with Gasteiger partial charge in [0.05, 0.1) is 11.8 Å². The number of hydrogen-bond acceptors (Lipinski definition) is 4. The van der Waals surface area contributed by atoms with Gasteiger partial charge < -0.3 is 9.47 Å². The average molecular weight is 487 g/mol. The molecule has 0 amide bonds. The third-order valence-electron chi connectivity index (χ3n) is 7.74. The summed E-state index contributed by atoms with van der Waals surface area (Å²) in [5.41, 5.74) is -2.76. The number of carbonyl (C=O) groups excluding carboxylic acids is 2. The van der Waals surface area contributed by atoms with E-state index in [1.807, 2.05) is 34.6 Å². The van der Waals surface area contributed by atoms with Crippen molar-refractivity contribution in [3.63, 3.8) is 0 Å².